The lowest BCUT2D eigenvalue weighted by Crippen LogP contribution is -2.46. The number of halogens is 3. The van der Waals surface area contributed by atoms with Gasteiger partial charge in [-0.05, 0) is 73.2 Å². The van der Waals surface area contributed by atoms with Gasteiger partial charge in [-0.25, -0.2) is 4.79 Å². The maximum atomic E-state index is 13.4. The van der Waals surface area contributed by atoms with Gasteiger partial charge >= 0.3 is 12.3 Å². The maximum Gasteiger partial charge on any atom is 0.573 e. The lowest BCUT2D eigenvalue weighted by Gasteiger charge is -2.25. The Morgan fingerprint density at radius 1 is 0.907 bits per heavy atom. The fraction of sp³-hybridized carbons (Fsp3) is 0.394. The minimum Gasteiger partial charge on any atom is -0.456 e. The highest BCUT2D eigenvalue weighted by Crippen LogP contribution is 2.24. The zero-order chi connectivity index (χ0) is 31.4. The van der Waals surface area contributed by atoms with Crippen LogP contribution in [0.15, 0.2) is 72.8 Å². The van der Waals surface area contributed by atoms with E-state index in [1.807, 2.05) is 44.2 Å². The average Bonchev–Trinajstić information content (AvgIpc) is 2.95. The van der Waals surface area contributed by atoms with Gasteiger partial charge in [0.05, 0.1) is 5.56 Å². The first-order valence-electron chi connectivity index (χ1n) is 14.5. The third kappa shape index (κ3) is 11.0. The molecule has 0 fully saturated rings. The summed E-state index contributed by atoms with van der Waals surface area (Å²) in [5.74, 6) is -1.16. The summed E-state index contributed by atoms with van der Waals surface area (Å²) in [5, 5.41) is 3.26. The van der Waals surface area contributed by atoms with Gasteiger partial charge in [-0.1, -0.05) is 56.3 Å². The van der Waals surface area contributed by atoms with E-state index in [2.05, 4.69) is 10.1 Å². The van der Waals surface area contributed by atoms with Gasteiger partial charge in [0, 0.05) is 37.8 Å². The molecule has 3 N–H and O–H groups in total. The van der Waals surface area contributed by atoms with Crippen molar-refractivity contribution in [1.82, 2.24) is 10.2 Å². The zero-order valence-corrected chi connectivity index (χ0v) is 24.8. The number of carbonyl (C=O) groups excluding carboxylic acids is 2. The van der Waals surface area contributed by atoms with Crippen LogP contribution in [0.4, 0.5) is 13.2 Å². The molecule has 1 amide bonds. The van der Waals surface area contributed by atoms with Crippen LogP contribution in [0.25, 0.3) is 0 Å². The fourth-order valence-electron chi connectivity index (χ4n) is 4.78. The number of nitrogens with two attached hydrogens (primary N) is 1. The van der Waals surface area contributed by atoms with Gasteiger partial charge in [-0.15, -0.1) is 13.2 Å². The molecule has 0 spiro atoms. The molecule has 7 nitrogen and oxygen atoms in total. The number of hydrogen-bond donors (Lipinski definition) is 2. The minimum absolute atomic E-state index is 0.126. The van der Waals surface area contributed by atoms with Gasteiger partial charge in [0.15, 0.2) is 0 Å². The predicted molar refractivity (Wildman–Crippen MR) is 160 cm³/mol. The van der Waals surface area contributed by atoms with Crippen LogP contribution in [0.5, 0.6) is 5.75 Å². The molecule has 3 aromatic rings. The van der Waals surface area contributed by atoms with E-state index in [0.717, 1.165) is 24.0 Å². The van der Waals surface area contributed by atoms with Crippen molar-refractivity contribution in [2.24, 2.45) is 5.73 Å². The molecular formula is C33H40F3N3O4. The monoisotopic (exact) mass is 599 g/mol. The Kier molecular flexibility index (Phi) is 12.6. The number of ether oxygens (including phenoxy) is 2. The lowest BCUT2D eigenvalue weighted by atomic mass is 10.0. The number of rotatable bonds is 15. The second kappa shape index (κ2) is 16.1. The Balaban J connectivity index is 1.80. The Hall–Kier alpha value is -3.89. The van der Waals surface area contributed by atoms with Crippen LogP contribution in [0.3, 0.4) is 0 Å². The summed E-state index contributed by atoms with van der Waals surface area (Å²) in [4.78, 5) is 28.4. The molecule has 0 aliphatic carbocycles. The van der Waals surface area contributed by atoms with Gasteiger partial charge < -0.3 is 25.4 Å². The van der Waals surface area contributed by atoms with Crippen molar-refractivity contribution in [3.8, 4) is 5.75 Å². The molecule has 0 saturated heterocycles. The molecule has 43 heavy (non-hydrogen) atoms. The lowest BCUT2D eigenvalue weighted by molar-refractivity contribution is -0.274. The molecule has 232 valence electrons. The third-order valence-electron chi connectivity index (χ3n) is 6.69. The van der Waals surface area contributed by atoms with Crippen molar-refractivity contribution in [1.29, 1.82) is 0 Å². The van der Waals surface area contributed by atoms with Crippen LogP contribution in [0, 0.1) is 6.92 Å². The molecule has 0 aliphatic rings. The summed E-state index contributed by atoms with van der Waals surface area (Å²) in [6.45, 7) is 7.72. The molecule has 0 aromatic heterocycles. The van der Waals surface area contributed by atoms with Crippen molar-refractivity contribution in [3.05, 3.63) is 101 Å². The molecule has 0 radical (unpaired) electrons. The molecule has 0 saturated carbocycles. The van der Waals surface area contributed by atoms with Crippen LogP contribution in [-0.4, -0.2) is 54.9 Å². The summed E-state index contributed by atoms with van der Waals surface area (Å²) < 4.78 is 48.2. The van der Waals surface area contributed by atoms with Crippen LogP contribution in [0.2, 0.25) is 0 Å². The van der Waals surface area contributed by atoms with Crippen LogP contribution >= 0.6 is 0 Å². The van der Waals surface area contributed by atoms with E-state index in [0.29, 0.717) is 30.8 Å². The molecule has 2 atom stereocenters. The van der Waals surface area contributed by atoms with Crippen molar-refractivity contribution >= 4 is 11.9 Å². The van der Waals surface area contributed by atoms with E-state index in [1.54, 1.807) is 30.0 Å². The van der Waals surface area contributed by atoms with Crippen LogP contribution < -0.4 is 15.8 Å². The minimum atomic E-state index is -4.82. The van der Waals surface area contributed by atoms with E-state index in [9.17, 15) is 22.8 Å². The third-order valence-corrected chi connectivity index (χ3v) is 6.69. The number of esters is 1. The van der Waals surface area contributed by atoms with Crippen molar-refractivity contribution in [2.75, 3.05) is 19.6 Å². The predicted octanol–water partition coefficient (Wildman–Crippen LogP) is 6.04. The standard InChI is InChI=1S/C33H40F3N3O4/c1-4-14-39(15-5-2)31(40)26-16-23(3)17-27(20-26)32(41)42-30(22-38-21-24-10-7-6-8-11-24)29(37)19-25-12-9-13-28(18-25)43-33(34,35)36/h6-13,16-18,20,29-30,38H,4-5,14-15,19,21-22,37H2,1-3H3/t29-,30+/m0/s1. The van der Waals surface area contributed by atoms with Crippen molar-refractivity contribution in [3.63, 3.8) is 0 Å². The molecule has 3 rings (SSSR count). The van der Waals surface area contributed by atoms with Gasteiger partial charge in [-0.2, -0.15) is 0 Å². The van der Waals surface area contributed by atoms with E-state index in [1.165, 1.54) is 24.3 Å². The highest BCUT2D eigenvalue weighted by molar-refractivity contribution is 5.98. The average molecular weight is 600 g/mol. The largest absolute Gasteiger partial charge is 0.573 e. The Morgan fingerprint density at radius 3 is 2.21 bits per heavy atom. The van der Waals surface area contributed by atoms with E-state index in [4.69, 9.17) is 10.5 Å². The Labute approximate surface area is 251 Å². The SMILES string of the molecule is CCCN(CCC)C(=O)c1cc(C)cc(C(=O)O[C@H](CNCc2ccccc2)[C@@H](N)Cc2cccc(OC(F)(F)F)c2)c1. The molecule has 3 aromatic carbocycles. The van der Waals surface area contributed by atoms with Crippen molar-refractivity contribution in [2.45, 2.75) is 65.1 Å². The van der Waals surface area contributed by atoms with E-state index in [-0.39, 0.29) is 30.2 Å². The molecule has 0 bridgehead atoms. The van der Waals surface area contributed by atoms with Crippen LogP contribution in [-0.2, 0) is 17.7 Å². The molecular weight excluding hydrogens is 559 g/mol. The summed E-state index contributed by atoms with van der Waals surface area (Å²) in [7, 11) is 0. The smallest absolute Gasteiger partial charge is 0.456 e. The summed E-state index contributed by atoms with van der Waals surface area (Å²) in [6.07, 6.45) is -3.90. The highest BCUT2D eigenvalue weighted by Gasteiger charge is 2.31. The Morgan fingerprint density at radius 2 is 1.56 bits per heavy atom. The van der Waals surface area contributed by atoms with E-state index < -0.39 is 24.5 Å². The normalized spacial score (nSPS) is 12.8. The number of alkyl halides is 3. The van der Waals surface area contributed by atoms with Crippen LogP contribution in [0.1, 0.15) is 64.1 Å². The van der Waals surface area contributed by atoms with Gasteiger partial charge in [0.25, 0.3) is 5.91 Å². The second-order valence-electron chi connectivity index (χ2n) is 10.5. The number of amides is 1. The molecule has 0 heterocycles. The van der Waals surface area contributed by atoms with Gasteiger partial charge in [0.1, 0.15) is 11.9 Å². The number of hydrogen-bond acceptors (Lipinski definition) is 6. The highest BCUT2D eigenvalue weighted by atomic mass is 19.4. The number of aryl methyl sites for hydroxylation is 1. The molecule has 10 heteroatoms. The zero-order valence-electron chi connectivity index (χ0n) is 24.8. The quantitative estimate of drug-likeness (QED) is 0.207. The van der Waals surface area contributed by atoms with E-state index >= 15 is 0 Å². The summed E-state index contributed by atoms with van der Waals surface area (Å²) in [6, 6.07) is 19.4. The Bertz CT molecular complexity index is 1330. The van der Waals surface area contributed by atoms with Crippen molar-refractivity contribution < 1.29 is 32.2 Å². The first-order valence-corrected chi connectivity index (χ1v) is 14.5. The number of benzene rings is 3. The first kappa shape index (κ1) is 33.6. The van der Waals surface area contributed by atoms with Gasteiger partial charge in [-0.3, -0.25) is 4.79 Å². The fourth-order valence-corrected chi connectivity index (χ4v) is 4.78. The first-order chi connectivity index (χ1) is 20.5. The summed E-state index contributed by atoms with van der Waals surface area (Å²) >= 11 is 0. The number of carbonyl (C=O) groups is 2. The topological polar surface area (TPSA) is 93.9 Å². The molecule has 0 aliphatic heterocycles. The number of nitrogens with zero attached hydrogens (tertiary/aromatic N) is 1. The maximum absolute atomic E-state index is 13.4. The van der Waals surface area contributed by atoms with Gasteiger partial charge in [0.2, 0.25) is 0 Å². The summed E-state index contributed by atoms with van der Waals surface area (Å²) in [5.41, 5.74) is 9.37. The molecule has 0 unspecified atom stereocenters. The number of nitrogens with one attached hydrogen (secondary N) is 1. The second-order valence-corrected chi connectivity index (χ2v) is 10.5.